The lowest BCUT2D eigenvalue weighted by Gasteiger charge is -2.46. The van der Waals surface area contributed by atoms with E-state index in [0.717, 1.165) is 43.2 Å². The summed E-state index contributed by atoms with van der Waals surface area (Å²) in [6, 6.07) is 4.80. The molecule has 1 N–H and O–H groups in total. The van der Waals surface area contributed by atoms with Gasteiger partial charge in [-0.25, -0.2) is 4.39 Å². The van der Waals surface area contributed by atoms with E-state index < -0.39 is 6.10 Å². The van der Waals surface area contributed by atoms with Gasteiger partial charge in [0.15, 0.2) is 0 Å². The molecule has 1 heterocycles. The van der Waals surface area contributed by atoms with Crippen LogP contribution in [0.25, 0.3) is 0 Å². The molecule has 2 aliphatic rings. The molecule has 116 valence electrons. The van der Waals surface area contributed by atoms with Gasteiger partial charge in [-0.2, -0.15) is 0 Å². The van der Waals surface area contributed by atoms with Gasteiger partial charge in [0.25, 0.3) is 0 Å². The molecule has 1 atom stereocenters. The fourth-order valence-electron chi connectivity index (χ4n) is 3.77. The summed E-state index contributed by atoms with van der Waals surface area (Å²) in [5.74, 6) is -0.328. The Morgan fingerprint density at radius 2 is 1.90 bits per heavy atom. The number of aliphatic hydroxyl groups is 1. The zero-order valence-corrected chi connectivity index (χ0v) is 13.6. The van der Waals surface area contributed by atoms with E-state index in [0.29, 0.717) is 18.8 Å². The van der Waals surface area contributed by atoms with E-state index in [1.165, 1.54) is 6.07 Å². The monoisotopic (exact) mass is 357 g/mol. The van der Waals surface area contributed by atoms with Crippen LogP contribution in [-0.4, -0.2) is 41.8 Å². The summed E-state index contributed by atoms with van der Waals surface area (Å²) in [7, 11) is 0. The van der Waals surface area contributed by atoms with E-state index in [1.54, 1.807) is 12.1 Å². The van der Waals surface area contributed by atoms with Gasteiger partial charge in [0.05, 0.1) is 18.8 Å². The molecule has 1 aliphatic heterocycles. The first kappa shape index (κ1) is 15.4. The Morgan fingerprint density at radius 3 is 2.57 bits per heavy atom. The Morgan fingerprint density at radius 1 is 1.24 bits per heavy atom. The molecular formula is C16H21BrFNO2. The van der Waals surface area contributed by atoms with Crippen LogP contribution in [0, 0.1) is 5.82 Å². The van der Waals surface area contributed by atoms with E-state index in [-0.39, 0.29) is 11.4 Å². The predicted molar refractivity (Wildman–Crippen MR) is 82.7 cm³/mol. The number of hydrogen-bond acceptors (Lipinski definition) is 3. The lowest BCUT2D eigenvalue weighted by Crippen LogP contribution is -2.55. The van der Waals surface area contributed by atoms with Crippen molar-refractivity contribution >= 4 is 15.9 Å². The largest absolute Gasteiger partial charge is 0.386 e. The highest BCUT2D eigenvalue weighted by molar-refractivity contribution is 9.10. The van der Waals surface area contributed by atoms with Gasteiger partial charge in [-0.05, 0) is 31.0 Å². The lowest BCUT2D eigenvalue weighted by molar-refractivity contribution is -0.0783. The minimum Gasteiger partial charge on any atom is -0.386 e. The van der Waals surface area contributed by atoms with Gasteiger partial charge in [-0.3, -0.25) is 4.90 Å². The minimum absolute atomic E-state index is 0.328. The molecule has 1 aromatic rings. The van der Waals surface area contributed by atoms with Crippen LogP contribution < -0.4 is 0 Å². The summed E-state index contributed by atoms with van der Waals surface area (Å²) in [6.45, 7) is 3.00. The van der Waals surface area contributed by atoms with Crippen molar-refractivity contribution in [3.8, 4) is 0 Å². The van der Waals surface area contributed by atoms with Crippen molar-refractivity contribution in [3.63, 3.8) is 0 Å². The molecule has 0 bridgehead atoms. The van der Waals surface area contributed by atoms with Crippen LogP contribution >= 0.6 is 15.9 Å². The highest BCUT2D eigenvalue weighted by Crippen LogP contribution is 2.45. The minimum atomic E-state index is -0.796. The summed E-state index contributed by atoms with van der Waals surface area (Å²) in [5, 5.41) is 11.0. The van der Waals surface area contributed by atoms with Crippen molar-refractivity contribution in [2.24, 2.45) is 0 Å². The molecule has 1 unspecified atom stereocenters. The summed E-state index contributed by atoms with van der Waals surface area (Å²) in [5.41, 5.74) is 0.0589. The van der Waals surface area contributed by atoms with Crippen molar-refractivity contribution in [2.75, 3.05) is 26.3 Å². The quantitative estimate of drug-likeness (QED) is 0.900. The molecule has 1 saturated carbocycles. The number of nitrogens with zero attached hydrogens (tertiary/aromatic N) is 1. The smallest absolute Gasteiger partial charge is 0.129 e. The number of aliphatic hydroxyl groups excluding tert-OH is 1. The molecule has 0 radical (unpaired) electrons. The van der Waals surface area contributed by atoms with Crippen molar-refractivity contribution < 1.29 is 14.2 Å². The fraction of sp³-hybridized carbons (Fsp3) is 0.625. The van der Waals surface area contributed by atoms with E-state index in [9.17, 15) is 9.50 Å². The second kappa shape index (κ2) is 6.32. The van der Waals surface area contributed by atoms with E-state index in [1.807, 2.05) is 0 Å². The molecule has 2 fully saturated rings. The Bertz CT molecular complexity index is 499. The molecule has 21 heavy (non-hydrogen) atoms. The number of hydrogen-bond donors (Lipinski definition) is 1. The maximum Gasteiger partial charge on any atom is 0.129 e. The third-order valence-corrected chi connectivity index (χ3v) is 5.37. The molecule has 5 heteroatoms. The van der Waals surface area contributed by atoms with Gasteiger partial charge < -0.3 is 9.84 Å². The molecule has 1 aliphatic carbocycles. The second-order valence-electron chi connectivity index (χ2n) is 5.98. The van der Waals surface area contributed by atoms with Gasteiger partial charge in [-0.1, -0.05) is 28.8 Å². The molecule has 1 aromatic carbocycles. The number of benzene rings is 1. The average molecular weight is 358 g/mol. The van der Waals surface area contributed by atoms with E-state index in [4.69, 9.17) is 4.74 Å². The molecule has 3 nitrogen and oxygen atoms in total. The molecule has 3 rings (SSSR count). The first-order valence-corrected chi connectivity index (χ1v) is 8.39. The van der Waals surface area contributed by atoms with Gasteiger partial charge in [0.1, 0.15) is 11.9 Å². The summed E-state index contributed by atoms with van der Waals surface area (Å²) in [4.78, 5) is 2.31. The SMILES string of the molecule is OC(c1cc(Br)ccc1F)C1(N2CCOCC2)CCCC1. The first-order chi connectivity index (χ1) is 10.1. The molecule has 0 aromatic heterocycles. The van der Waals surface area contributed by atoms with E-state index >= 15 is 0 Å². The number of halogens is 2. The second-order valence-corrected chi connectivity index (χ2v) is 6.89. The van der Waals surface area contributed by atoms with Crippen LogP contribution in [0.1, 0.15) is 37.4 Å². The highest BCUT2D eigenvalue weighted by Gasteiger charge is 2.47. The number of ether oxygens (including phenoxy) is 1. The number of morpholine rings is 1. The Balaban J connectivity index is 1.94. The predicted octanol–water partition coefficient (Wildman–Crippen LogP) is 3.27. The van der Waals surface area contributed by atoms with Gasteiger partial charge >= 0.3 is 0 Å². The van der Waals surface area contributed by atoms with Crippen LogP contribution in [0.15, 0.2) is 22.7 Å². The van der Waals surface area contributed by atoms with Crippen LogP contribution in [-0.2, 0) is 4.74 Å². The zero-order chi connectivity index (χ0) is 14.9. The molecule has 0 amide bonds. The van der Waals surface area contributed by atoms with Gasteiger partial charge in [0.2, 0.25) is 0 Å². The Kier molecular flexibility index (Phi) is 4.64. The summed E-state index contributed by atoms with van der Waals surface area (Å²) in [6.07, 6.45) is 3.21. The van der Waals surface area contributed by atoms with Crippen molar-refractivity contribution in [1.82, 2.24) is 4.90 Å². The standard InChI is InChI=1S/C16H21BrFNO2/c17-12-3-4-14(18)13(11-12)15(20)16(5-1-2-6-16)19-7-9-21-10-8-19/h3-4,11,15,20H,1-2,5-10H2. The Hall–Kier alpha value is -0.490. The normalized spacial score (nSPS) is 24.1. The lowest BCUT2D eigenvalue weighted by atomic mass is 9.83. The topological polar surface area (TPSA) is 32.7 Å². The van der Waals surface area contributed by atoms with Crippen molar-refractivity contribution in [2.45, 2.75) is 37.3 Å². The van der Waals surface area contributed by atoms with Crippen LogP contribution in [0.3, 0.4) is 0 Å². The number of rotatable bonds is 3. The van der Waals surface area contributed by atoms with Gasteiger partial charge in [-0.15, -0.1) is 0 Å². The fourth-order valence-corrected chi connectivity index (χ4v) is 4.15. The summed E-state index contributed by atoms with van der Waals surface area (Å²) >= 11 is 3.38. The highest BCUT2D eigenvalue weighted by atomic mass is 79.9. The van der Waals surface area contributed by atoms with Crippen molar-refractivity contribution in [3.05, 3.63) is 34.1 Å². The van der Waals surface area contributed by atoms with E-state index in [2.05, 4.69) is 20.8 Å². The van der Waals surface area contributed by atoms with Crippen LogP contribution in [0.4, 0.5) is 4.39 Å². The van der Waals surface area contributed by atoms with Crippen molar-refractivity contribution in [1.29, 1.82) is 0 Å². The van der Waals surface area contributed by atoms with Crippen LogP contribution in [0.2, 0.25) is 0 Å². The Labute approximate surface area is 133 Å². The average Bonchev–Trinajstić information content (AvgIpc) is 3.01. The molecular weight excluding hydrogens is 337 g/mol. The third kappa shape index (κ3) is 2.89. The maximum atomic E-state index is 14.2. The third-order valence-electron chi connectivity index (χ3n) is 4.87. The molecule has 1 saturated heterocycles. The van der Waals surface area contributed by atoms with Gasteiger partial charge in [0, 0.05) is 23.1 Å². The zero-order valence-electron chi connectivity index (χ0n) is 12.0. The van der Waals surface area contributed by atoms with Crippen LogP contribution in [0.5, 0.6) is 0 Å². The molecule has 0 spiro atoms. The summed E-state index contributed by atoms with van der Waals surface area (Å²) < 4.78 is 20.4. The first-order valence-electron chi connectivity index (χ1n) is 7.59. The maximum absolute atomic E-state index is 14.2.